The monoisotopic (exact) mass is 489 g/mol. The van der Waals surface area contributed by atoms with Crippen molar-refractivity contribution in [3.8, 4) is 17.4 Å². The quantitative estimate of drug-likeness (QED) is 0.294. The van der Waals surface area contributed by atoms with Gasteiger partial charge in [-0.1, -0.05) is 23.7 Å². The van der Waals surface area contributed by atoms with Crippen LogP contribution in [-0.2, 0) is 14.1 Å². The largest absolute Gasteiger partial charge is 0.494 e. The highest BCUT2D eigenvalue weighted by atomic mass is 35.5. The van der Waals surface area contributed by atoms with Crippen molar-refractivity contribution in [2.45, 2.75) is 6.92 Å². The average Bonchev–Trinajstić information content (AvgIpc) is 2.81. The van der Waals surface area contributed by atoms with Gasteiger partial charge in [0.05, 0.1) is 23.9 Å². The van der Waals surface area contributed by atoms with Gasteiger partial charge in [0, 0.05) is 19.8 Å². The first kappa shape index (κ1) is 24.5. The number of aliphatic imine (C=N–C) groups is 1. The van der Waals surface area contributed by atoms with E-state index >= 15 is 0 Å². The summed E-state index contributed by atoms with van der Waals surface area (Å²) in [6.45, 7) is 2.71. The summed E-state index contributed by atoms with van der Waals surface area (Å²) < 4.78 is 13.1. The zero-order chi connectivity index (χ0) is 24.0. The molecule has 0 amide bonds. The number of benzene rings is 2. The Kier molecular flexibility index (Phi) is 8.24. The van der Waals surface area contributed by atoms with Gasteiger partial charge in [0.2, 0.25) is 5.88 Å². The normalized spacial score (nSPS) is 11.5. The van der Waals surface area contributed by atoms with Gasteiger partial charge in [-0.25, -0.2) is 9.79 Å². The zero-order valence-electron chi connectivity index (χ0n) is 18.4. The molecule has 0 unspecified atom stereocenters. The summed E-state index contributed by atoms with van der Waals surface area (Å²) in [7, 11) is 2.74. The number of para-hydroxylation sites is 1. The molecule has 0 atom stereocenters. The maximum Gasteiger partial charge on any atom is 0.333 e. The second kappa shape index (κ2) is 11.1. The van der Waals surface area contributed by atoms with Crippen molar-refractivity contribution in [1.29, 1.82) is 0 Å². The first-order valence-corrected chi connectivity index (χ1v) is 11.5. The minimum Gasteiger partial charge on any atom is -0.494 e. The third kappa shape index (κ3) is 5.80. The first-order valence-electron chi connectivity index (χ1n) is 10.1. The molecule has 0 saturated carbocycles. The van der Waals surface area contributed by atoms with Gasteiger partial charge in [-0.2, -0.15) is 0 Å². The van der Waals surface area contributed by atoms with Crippen LogP contribution in [0.25, 0.3) is 0 Å². The molecule has 1 heterocycles. The number of ether oxygens (including phenoxy) is 2. The molecule has 1 N–H and O–H groups in total. The predicted octanol–water partition coefficient (Wildman–Crippen LogP) is 3.73. The van der Waals surface area contributed by atoms with Crippen LogP contribution in [-0.4, -0.2) is 38.3 Å². The van der Waals surface area contributed by atoms with E-state index in [2.05, 4.69) is 4.99 Å². The van der Waals surface area contributed by atoms with E-state index in [0.29, 0.717) is 34.6 Å². The molecule has 0 aliphatic rings. The van der Waals surface area contributed by atoms with Crippen molar-refractivity contribution in [2.75, 3.05) is 19.0 Å². The van der Waals surface area contributed by atoms with Crippen molar-refractivity contribution in [3.63, 3.8) is 0 Å². The number of thioether (sulfide) groups is 1. The van der Waals surface area contributed by atoms with E-state index in [-0.39, 0.29) is 17.2 Å². The van der Waals surface area contributed by atoms with Crippen molar-refractivity contribution < 1.29 is 14.6 Å². The zero-order valence-corrected chi connectivity index (χ0v) is 20.0. The summed E-state index contributed by atoms with van der Waals surface area (Å²) in [5.41, 5.74) is -0.770. The molecular formula is C23H24ClN3O5S. The van der Waals surface area contributed by atoms with Crippen molar-refractivity contribution in [3.05, 3.63) is 80.0 Å². The lowest BCUT2D eigenvalue weighted by atomic mass is 10.3. The molecule has 0 aliphatic carbocycles. The Labute approximate surface area is 200 Å². The summed E-state index contributed by atoms with van der Waals surface area (Å²) in [6.07, 6.45) is 0. The minimum absolute atomic E-state index is 0.0590. The smallest absolute Gasteiger partial charge is 0.333 e. The fourth-order valence-corrected chi connectivity index (χ4v) is 3.98. The third-order valence-corrected chi connectivity index (χ3v) is 5.89. The van der Waals surface area contributed by atoms with Gasteiger partial charge in [-0.15, -0.1) is 11.8 Å². The van der Waals surface area contributed by atoms with Crippen molar-refractivity contribution in [1.82, 2.24) is 9.13 Å². The lowest BCUT2D eigenvalue weighted by Crippen LogP contribution is -2.39. The molecule has 0 radical (unpaired) electrons. The molecule has 0 spiro atoms. The molecule has 174 valence electrons. The van der Waals surface area contributed by atoms with E-state index < -0.39 is 17.1 Å². The Morgan fingerprint density at radius 3 is 2.42 bits per heavy atom. The number of hydrogen-bond acceptors (Lipinski definition) is 7. The van der Waals surface area contributed by atoms with Crippen LogP contribution in [0.5, 0.6) is 17.4 Å². The highest BCUT2D eigenvalue weighted by molar-refractivity contribution is 8.14. The summed E-state index contributed by atoms with van der Waals surface area (Å²) in [6, 6.07) is 14.1. The van der Waals surface area contributed by atoms with Crippen LogP contribution in [0.1, 0.15) is 12.5 Å². The van der Waals surface area contributed by atoms with Crippen molar-refractivity contribution in [2.24, 2.45) is 19.1 Å². The van der Waals surface area contributed by atoms with E-state index in [1.165, 1.54) is 25.9 Å². The van der Waals surface area contributed by atoms with Gasteiger partial charge < -0.3 is 14.6 Å². The molecule has 0 bridgehead atoms. The number of halogens is 1. The molecule has 3 rings (SSSR count). The van der Waals surface area contributed by atoms with Crippen LogP contribution in [0.4, 0.5) is 5.69 Å². The molecule has 0 saturated heterocycles. The standard InChI is InChI=1S/C23H24ClN3O5S/c1-4-31-16-11-9-15(10-12-16)25-20(19-21(28)26(2)23(30)27(3)22(19)29)33-14-13-32-18-8-6-5-7-17(18)24/h5-12,28H,4,13-14H2,1-3H3. The fourth-order valence-electron chi connectivity index (χ4n) is 2.93. The highest BCUT2D eigenvalue weighted by Gasteiger charge is 2.21. The minimum atomic E-state index is -0.639. The molecule has 1 aromatic heterocycles. The first-order chi connectivity index (χ1) is 15.8. The summed E-state index contributed by atoms with van der Waals surface area (Å²) in [5.74, 6) is 1.20. The Hall–Kier alpha value is -3.17. The number of nitrogens with zero attached hydrogens (tertiary/aromatic N) is 3. The van der Waals surface area contributed by atoms with Crippen LogP contribution in [0.2, 0.25) is 5.02 Å². The highest BCUT2D eigenvalue weighted by Crippen LogP contribution is 2.26. The topological polar surface area (TPSA) is 95.0 Å². The Balaban J connectivity index is 1.93. The second-order valence-corrected chi connectivity index (χ2v) is 8.37. The van der Waals surface area contributed by atoms with E-state index in [4.69, 9.17) is 21.1 Å². The Bertz CT molecular complexity index is 1270. The number of rotatable bonds is 8. The summed E-state index contributed by atoms with van der Waals surface area (Å²) >= 11 is 7.34. The SMILES string of the molecule is CCOc1ccc(N=C(SCCOc2ccccc2Cl)c2c(O)n(C)c(=O)n(C)c2=O)cc1. The van der Waals surface area contributed by atoms with E-state index in [1.807, 2.05) is 19.1 Å². The van der Waals surface area contributed by atoms with E-state index in [0.717, 1.165) is 9.13 Å². The van der Waals surface area contributed by atoms with Gasteiger partial charge in [0.15, 0.2) is 0 Å². The van der Waals surface area contributed by atoms with Crippen LogP contribution >= 0.6 is 23.4 Å². The Morgan fingerprint density at radius 2 is 1.76 bits per heavy atom. The van der Waals surface area contributed by atoms with E-state index in [1.54, 1.807) is 36.4 Å². The van der Waals surface area contributed by atoms with Gasteiger partial charge in [-0.05, 0) is 43.3 Å². The lowest BCUT2D eigenvalue weighted by Gasteiger charge is -2.13. The Morgan fingerprint density at radius 1 is 1.06 bits per heavy atom. The van der Waals surface area contributed by atoms with E-state index in [9.17, 15) is 14.7 Å². The predicted molar refractivity (Wildman–Crippen MR) is 132 cm³/mol. The number of hydrogen-bond donors (Lipinski definition) is 1. The molecule has 8 nitrogen and oxygen atoms in total. The van der Waals surface area contributed by atoms with Gasteiger partial charge in [0.1, 0.15) is 22.1 Å². The van der Waals surface area contributed by atoms with Crippen LogP contribution in [0.15, 0.2) is 63.1 Å². The van der Waals surface area contributed by atoms with Crippen LogP contribution in [0.3, 0.4) is 0 Å². The van der Waals surface area contributed by atoms with Crippen LogP contribution in [0, 0.1) is 0 Å². The number of aromatic nitrogens is 2. The maximum absolute atomic E-state index is 12.9. The van der Waals surface area contributed by atoms with Crippen LogP contribution < -0.4 is 20.7 Å². The average molecular weight is 490 g/mol. The summed E-state index contributed by atoms with van der Waals surface area (Å²) in [4.78, 5) is 29.6. The molecule has 0 aliphatic heterocycles. The molecular weight excluding hydrogens is 466 g/mol. The maximum atomic E-state index is 12.9. The summed E-state index contributed by atoms with van der Waals surface area (Å²) in [5, 5.41) is 11.4. The van der Waals surface area contributed by atoms with Gasteiger partial charge >= 0.3 is 5.69 Å². The molecule has 3 aromatic rings. The third-order valence-electron chi connectivity index (χ3n) is 4.64. The molecule has 2 aromatic carbocycles. The number of aromatic hydroxyl groups is 1. The lowest BCUT2D eigenvalue weighted by molar-refractivity contribution is 0.340. The fraction of sp³-hybridized carbons (Fsp3) is 0.261. The van der Waals surface area contributed by atoms with Gasteiger partial charge in [-0.3, -0.25) is 13.9 Å². The molecule has 10 heteroatoms. The molecule has 33 heavy (non-hydrogen) atoms. The van der Waals surface area contributed by atoms with Crippen molar-refractivity contribution >= 4 is 34.1 Å². The second-order valence-electron chi connectivity index (χ2n) is 6.88. The molecule has 0 fully saturated rings. The van der Waals surface area contributed by atoms with Gasteiger partial charge in [0.25, 0.3) is 5.56 Å².